The van der Waals surface area contributed by atoms with Crippen LogP contribution in [0.3, 0.4) is 0 Å². The van der Waals surface area contributed by atoms with Gasteiger partial charge in [-0.2, -0.15) is 0 Å². The molecule has 0 N–H and O–H groups in total. The SMILES string of the molecule is CCCCC[Si@H]1CC[C@H](c2ccc(CCc3ccc(-c4ccc(F)cc4)cc3F)cc2)CC1. The molecule has 0 saturated carbocycles. The zero-order chi connectivity index (χ0) is 23.0. The summed E-state index contributed by atoms with van der Waals surface area (Å²) < 4.78 is 27.8. The molecule has 1 aliphatic rings. The summed E-state index contributed by atoms with van der Waals surface area (Å²) in [6.45, 7) is 2.30. The maximum absolute atomic E-state index is 14.7. The maximum Gasteiger partial charge on any atom is 0.127 e. The molecule has 1 heterocycles. The Hall–Kier alpha value is -2.26. The standard InChI is InChI=1S/C30H36F2Si/c1-2-3-4-19-33-20-17-26(18-21-33)24-8-5-23(6-9-24)7-10-27-11-12-28(22-30(27)32)25-13-15-29(31)16-14-25/h5-6,8-9,11-16,22,26,33H,2-4,7,10,17-21H2,1H3/t26-,33-. The van der Waals surface area contributed by atoms with Gasteiger partial charge in [0.05, 0.1) is 0 Å². The molecule has 3 heteroatoms. The maximum atomic E-state index is 14.7. The number of hydrogen-bond acceptors (Lipinski definition) is 0. The minimum absolute atomic E-state index is 0.187. The summed E-state index contributed by atoms with van der Waals surface area (Å²) in [5.74, 6) is 0.275. The Kier molecular flexibility index (Phi) is 8.50. The monoisotopic (exact) mass is 462 g/mol. The first-order chi connectivity index (χ1) is 16.1. The second-order valence-corrected chi connectivity index (χ2v) is 13.2. The Balaban J connectivity index is 1.29. The fraction of sp³-hybridized carbons (Fsp3) is 0.400. The summed E-state index contributed by atoms with van der Waals surface area (Å²) in [5, 5.41) is 0. The molecule has 3 aromatic carbocycles. The lowest BCUT2D eigenvalue weighted by Crippen LogP contribution is -2.20. The number of halogens is 2. The average Bonchev–Trinajstić information content (AvgIpc) is 2.85. The van der Waals surface area contributed by atoms with E-state index in [4.69, 9.17) is 0 Å². The molecule has 1 fully saturated rings. The molecule has 1 saturated heterocycles. The Bertz CT molecular complexity index is 1000. The molecule has 0 radical (unpaired) electrons. The number of benzene rings is 3. The lowest BCUT2D eigenvalue weighted by Gasteiger charge is -2.28. The van der Waals surface area contributed by atoms with E-state index < -0.39 is 8.80 Å². The van der Waals surface area contributed by atoms with Crippen LogP contribution in [0.15, 0.2) is 66.7 Å². The molecule has 0 spiro atoms. The predicted octanol–water partition coefficient (Wildman–Crippen LogP) is 8.71. The first kappa shape index (κ1) is 23.9. The van der Waals surface area contributed by atoms with Gasteiger partial charge in [0.15, 0.2) is 0 Å². The van der Waals surface area contributed by atoms with Crippen LogP contribution in [0.4, 0.5) is 8.78 Å². The molecule has 0 aromatic heterocycles. The van der Waals surface area contributed by atoms with Crippen molar-refractivity contribution >= 4 is 8.80 Å². The number of hydrogen-bond donors (Lipinski definition) is 0. The molecular formula is C30H36F2Si. The summed E-state index contributed by atoms with van der Waals surface area (Å²) >= 11 is 0. The lowest BCUT2D eigenvalue weighted by molar-refractivity contribution is 0.602. The zero-order valence-electron chi connectivity index (χ0n) is 19.8. The molecule has 0 atom stereocenters. The van der Waals surface area contributed by atoms with Crippen molar-refractivity contribution in [3.63, 3.8) is 0 Å². The summed E-state index contributed by atoms with van der Waals surface area (Å²) in [7, 11) is -0.459. The molecule has 0 aliphatic carbocycles. The van der Waals surface area contributed by atoms with E-state index in [1.165, 1.54) is 67.5 Å². The Labute approximate surface area is 199 Å². The van der Waals surface area contributed by atoms with Crippen LogP contribution in [0.1, 0.15) is 61.6 Å². The minimum Gasteiger partial charge on any atom is -0.207 e. The fourth-order valence-electron chi connectivity index (χ4n) is 5.27. The van der Waals surface area contributed by atoms with Crippen LogP contribution < -0.4 is 0 Å². The van der Waals surface area contributed by atoms with Gasteiger partial charge in [0.1, 0.15) is 11.6 Å². The summed E-state index contributed by atoms with van der Waals surface area (Å²) in [6, 6.07) is 25.2. The number of aryl methyl sites for hydroxylation is 2. The van der Waals surface area contributed by atoms with Gasteiger partial charge in [0.2, 0.25) is 0 Å². The van der Waals surface area contributed by atoms with E-state index in [2.05, 4.69) is 31.2 Å². The van der Waals surface area contributed by atoms with Crippen LogP contribution in [0.25, 0.3) is 11.1 Å². The summed E-state index contributed by atoms with van der Waals surface area (Å²) in [5.41, 5.74) is 5.10. The van der Waals surface area contributed by atoms with Gasteiger partial charge in [-0.05, 0) is 77.6 Å². The van der Waals surface area contributed by atoms with Crippen LogP contribution in [-0.2, 0) is 12.8 Å². The van der Waals surface area contributed by atoms with E-state index in [0.717, 1.165) is 29.0 Å². The molecule has 0 nitrogen and oxygen atoms in total. The van der Waals surface area contributed by atoms with Crippen molar-refractivity contribution in [1.29, 1.82) is 0 Å². The normalized spacial score (nSPS) is 18.4. The van der Waals surface area contributed by atoms with Crippen molar-refractivity contribution in [3.05, 3.63) is 95.1 Å². The lowest BCUT2D eigenvalue weighted by atomic mass is 9.92. The largest absolute Gasteiger partial charge is 0.207 e. The molecule has 0 bridgehead atoms. The van der Waals surface area contributed by atoms with Crippen molar-refractivity contribution in [2.45, 2.75) is 75.9 Å². The molecule has 174 valence electrons. The molecule has 0 unspecified atom stereocenters. The highest BCUT2D eigenvalue weighted by molar-refractivity contribution is 6.59. The van der Waals surface area contributed by atoms with Crippen molar-refractivity contribution in [3.8, 4) is 11.1 Å². The third-order valence-electron chi connectivity index (χ3n) is 7.43. The molecular weight excluding hydrogens is 426 g/mol. The Morgan fingerprint density at radius 3 is 2.15 bits per heavy atom. The smallest absolute Gasteiger partial charge is 0.127 e. The van der Waals surface area contributed by atoms with Gasteiger partial charge >= 0.3 is 0 Å². The molecule has 1 aliphatic heterocycles. The van der Waals surface area contributed by atoms with Crippen LogP contribution in [0.5, 0.6) is 0 Å². The predicted molar refractivity (Wildman–Crippen MR) is 139 cm³/mol. The van der Waals surface area contributed by atoms with Crippen molar-refractivity contribution < 1.29 is 8.78 Å². The molecule has 0 amide bonds. The highest BCUT2D eigenvalue weighted by atomic mass is 28.3. The number of unbranched alkanes of at least 4 members (excludes halogenated alkanes) is 2. The van der Waals surface area contributed by atoms with E-state index in [0.29, 0.717) is 6.42 Å². The first-order valence-corrected chi connectivity index (χ1v) is 15.2. The topological polar surface area (TPSA) is 0 Å². The first-order valence-electron chi connectivity index (χ1n) is 12.8. The zero-order valence-corrected chi connectivity index (χ0v) is 21.0. The van der Waals surface area contributed by atoms with E-state index in [9.17, 15) is 8.78 Å². The van der Waals surface area contributed by atoms with Crippen LogP contribution in [0.2, 0.25) is 18.1 Å². The highest BCUT2D eigenvalue weighted by Crippen LogP contribution is 2.35. The average molecular weight is 463 g/mol. The van der Waals surface area contributed by atoms with Gasteiger partial charge in [-0.1, -0.05) is 92.8 Å². The van der Waals surface area contributed by atoms with E-state index in [1.807, 2.05) is 12.1 Å². The summed E-state index contributed by atoms with van der Waals surface area (Å²) in [4.78, 5) is 0. The van der Waals surface area contributed by atoms with Gasteiger partial charge in [-0.25, -0.2) is 8.78 Å². The van der Waals surface area contributed by atoms with Crippen molar-refractivity contribution in [2.75, 3.05) is 0 Å². The van der Waals surface area contributed by atoms with E-state index in [-0.39, 0.29) is 11.6 Å². The van der Waals surface area contributed by atoms with Gasteiger partial charge in [-0.15, -0.1) is 0 Å². The third kappa shape index (κ3) is 6.63. The molecule has 4 rings (SSSR count). The van der Waals surface area contributed by atoms with E-state index in [1.54, 1.807) is 24.2 Å². The van der Waals surface area contributed by atoms with Gasteiger partial charge < -0.3 is 0 Å². The van der Waals surface area contributed by atoms with Crippen molar-refractivity contribution in [2.24, 2.45) is 0 Å². The molecule has 3 aromatic rings. The van der Waals surface area contributed by atoms with Gasteiger partial charge in [0.25, 0.3) is 0 Å². The highest BCUT2D eigenvalue weighted by Gasteiger charge is 2.22. The minimum atomic E-state index is -0.459. The van der Waals surface area contributed by atoms with Crippen molar-refractivity contribution in [1.82, 2.24) is 0 Å². The Morgan fingerprint density at radius 2 is 1.48 bits per heavy atom. The quantitative estimate of drug-likeness (QED) is 0.220. The Morgan fingerprint density at radius 1 is 0.788 bits per heavy atom. The second-order valence-electron chi connectivity index (χ2n) is 9.77. The van der Waals surface area contributed by atoms with Gasteiger partial charge in [-0.3, -0.25) is 0 Å². The molecule has 33 heavy (non-hydrogen) atoms. The summed E-state index contributed by atoms with van der Waals surface area (Å²) in [6.07, 6.45) is 8.50. The van der Waals surface area contributed by atoms with Gasteiger partial charge in [0, 0.05) is 8.80 Å². The fourth-order valence-corrected chi connectivity index (χ4v) is 8.75. The van der Waals surface area contributed by atoms with Crippen LogP contribution in [-0.4, -0.2) is 8.80 Å². The van der Waals surface area contributed by atoms with Crippen LogP contribution >= 0.6 is 0 Å². The third-order valence-corrected chi connectivity index (χ3v) is 11.0. The second kappa shape index (κ2) is 11.7. The number of rotatable bonds is 9. The van der Waals surface area contributed by atoms with E-state index >= 15 is 0 Å². The van der Waals surface area contributed by atoms with Crippen LogP contribution in [0, 0.1) is 11.6 Å².